The van der Waals surface area contributed by atoms with Gasteiger partial charge in [0.15, 0.2) is 11.5 Å². The van der Waals surface area contributed by atoms with Crippen LogP contribution in [0.5, 0.6) is 0 Å². The lowest BCUT2D eigenvalue weighted by molar-refractivity contribution is 0.0698. The maximum atomic E-state index is 12.2. The lowest BCUT2D eigenvalue weighted by Crippen LogP contribution is -2.17. The number of nitrogens with zero attached hydrogens (tertiary/aromatic N) is 4. The average molecular weight is 344 g/mol. The van der Waals surface area contributed by atoms with Gasteiger partial charge in [-0.2, -0.15) is 0 Å². The van der Waals surface area contributed by atoms with Crippen LogP contribution in [0.4, 0.5) is 5.69 Å². The third-order valence-electron chi connectivity index (χ3n) is 3.11. The second kappa shape index (κ2) is 6.47. The predicted octanol–water partition coefficient (Wildman–Crippen LogP) is 2.27. The summed E-state index contributed by atoms with van der Waals surface area (Å²) in [6.45, 7) is 0. The summed E-state index contributed by atoms with van der Waals surface area (Å²) in [4.78, 5) is 27.3. The van der Waals surface area contributed by atoms with Crippen molar-refractivity contribution in [3.05, 3.63) is 65.3 Å². The molecule has 0 atom stereocenters. The Balaban J connectivity index is 1.82. The highest BCUT2D eigenvalue weighted by molar-refractivity contribution is 6.31. The molecule has 8 nitrogen and oxygen atoms in total. The van der Waals surface area contributed by atoms with E-state index in [4.69, 9.17) is 16.7 Å². The Kier molecular flexibility index (Phi) is 4.21. The van der Waals surface area contributed by atoms with Crippen LogP contribution in [-0.4, -0.2) is 36.7 Å². The lowest BCUT2D eigenvalue weighted by atomic mass is 10.1. The van der Waals surface area contributed by atoms with Crippen LogP contribution in [0.1, 0.15) is 20.8 Å². The molecule has 9 heteroatoms. The Morgan fingerprint density at radius 3 is 2.62 bits per heavy atom. The molecule has 0 radical (unpaired) electrons. The summed E-state index contributed by atoms with van der Waals surface area (Å²) >= 11 is 5.77. The molecule has 1 amide bonds. The monoisotopic (exact) mass is 343 g/mol. The molecule has 0 bridgehead atoms. The van der Waals surface area contributed by atoms with Crippen molar-refractivity contribution in [2.45, 2.75) is 0 Å². The van der Waals surface area contributed by atoms with E-state index in [-0.39, 0.29) is 22.0 Å². The van der Waals surface area contributed by atoms with Crippen LogP contribution in [0, 0.1) is 0 Å². The summed E-state index contributed by atoms with van der Waals surface area (Å²) in [5.41, 5.74) is 0.0568. The zero-order chi connectivity index (χ0) is 17.1. The van der Waals surface area contributed by atoms with Gasteiger partial charge in [0, 0.05) is 17.4 Å². The molecular formula is C15H10ClN5O3. The largest absolute Gasteiger partial charge is 0.478 e. The van der Waals surface area contributed by atoms with Crippen LogP contribution in [0.25, 0.3) is 5.82 Å². The molecule has 0 saturated heterocycles. The van der Waals surface area contributed by atoms with Crippen molar-refractivity contribution in [3.8, 4) is 5.82 Å². The SMILES string of the molecule is O=C(Nc1ccc(Cl)cc1C(=O)O)c1ccc(-n2ccnc2)nn1. The van der Waals surface area contributed by atoms with E-state index >= 15 is 0 Å². The molecule has 24 heavy (non-hydrogen) atoms. The molecule has 0 aliphatic heterocycles. The molecule has 3 rings (SSSR count). The van der Waals surface area contributed by atoms with Crippen molar-refractivity contribution in [3.63, 3.8) is 0 Å². The van der Waals surface area contributed by atoms with E-state index in [1.54, 1.807) is 29.4 Å². The minimum Gasteiger partial charge on any atom is -0.478 e. The molecule has 2 heterocycles. The first-order valence-corrected chi connectivity index (χ1v) is 7.08. The van der Waals surface area contributed by atoms with E-state index in [9.17, 15) is 9.59 Å². The summed E-state index contributed by atoms with van der Waals surface area (Å²) in [5, 5.41) is 19.7. The van der Waals surface area contributed by atoms with E-state index < -0.39 is 11.9 Å². The quantitative estimate of drug-likeness (QED) is 0.752. The van der Waals surface area contributed by atoms with Crippen molar-refractivity contribution in [2.75, 3.05) is 5.32 Å². The summed E-state index contributed by atoms with van der Waals surface area (Å²) in [7, 11) is 0. The van der Waals surface area contributed by atoms with E-state index in [1.165, 1.54) is 24.3 Å². The molecule has 120 valence electrons. The smallest absolute Gasteiger partial charge is 0.337 e. The number of halogens is 1. The van der Waals surface area contributed by atoms with Crippen molar-refractivity contribution in [1.29, 1.82) is 0 Å². The minimum atomic E-state index is -1.20. The maximum absolute atomic E-state index is 12.2. The third kappa shape index (κ3) is 3.23. The maximum Gasteiger partial charge on any atom is 0.337 e. The Hall–Kier alpha value is -3.26. The van der Waals surface area contributed by atoms with Crippen molar-refractivity contribution in [1.82, 2.24) is 19.7 Å². The zero-order valence-electron chi connectivity index (χ0n) is 12.0. The number of nitrogens with one attached hydrogen (secondary N) is 1. The normalized spacial score (nSPS) is 10.4. The first-order valence-electron chi connectivity index (χ1n) is 6.71. The van der Waals surface area contributed by atoms with Crippen molar-refractivity contribution >= 4 is 29.2 Å². The third-order valence-corrected chi connectivity index (χ3v) is 3.35. The highest BCUT2D eigenvalue weighted by Crippen LogP contribution is 2.21. The van der Waals surface area contributed by atoms with Gasteiger partial charge in [-0.1, -0.05) is 11.6 Å². The van der Waals surface area contributed by atoms with Crippen molar-refractivity contribution in [2.24, 2.45) is 0 Å². The van der Waals surface area contributed by atoms with Gasteiger partial charge < -0.3 is 10.4 Å². The standard InChI is InChI=1S/C15H10ClN5O3/c16-9-1-2-11(10(7-9)15(23)24)18-14(22)12-3-4-13(20-19-12)21-6-5-17-8-21/h1-8H,(H,18,22)(H,23,24). The molecule has 0 unspecified atom stereocenters. The number of carbonyl (C=O) groups is 2. The minimum absolute atomic E-state index is 0.0464. The molecule has 3 aromatic rings. The van der Waals surface area contributed by atoms with Crippen LogP contribution < -0.4 is 5.32 Å². The zero-order valence-corrected chi connectivity index (χ0v) is 12.8. The average Bonchev–Trinajstić information content (AvgIpc) is 3.11. The Bertz CT molecular complexity index is 894. The molecule has 2 N–H and O–H groups in total. The summed E-state index contributed by atoms with van der Waals surface area (Å²) < 4.78 is 1.64. The van der Waals surface area contributed by atoms with Gasteiger partial charge in [0.25, 0.3) is 5.91 Å². The molecule has 2 aromatic heterocycles. The molecule has 0 fully saturated rings. The Labute approximate surface area is 140 Å². The summed E-state index contributed by atoms with van der Waals surface area (Å²) in [6.07, 6.45) is 4.84. The van der Waals surface area contributed by atoms with Gasteiger partial charge in [-0.3, -0.25) is 9.36 Å². The molecule has 0 aliphatic rings. The fourth-order valence-electron chi connectivity index (χ4n) is 1.97. The number of aromatic carboxylic acids is 1. The first-order chi connectivity index (χ1) is 11.5. The van der Waals surface area contributed by atoms with Crippen LogP contribution >= 0.6 is 11.6 Å². The number of hydrogen-bond acceptors (Lipinski definition) is 5. The highest BCUT2D eigenvalue weighted by Gasteiger charge is 2.15. The second-order valence-corrected chi connectivity index (χ2v) is 5.13. The van der Waals surface area contributed by atoms with Gasteiger partial charge in [0.1, 0.15) is 6.33 Å². The fourth-order valence-corrected chi connectivity index (χ4v) is 2.14. The van der Waals surface area contributed by atoms with Gasteiger partial charge in [0.05, 0.1) is 11.3 Å². The predicted molar refractivity (Wildman–Crippen MR) is 85.5 cm³/mol. The number of hydrogen-bond donors (Lipinski definition) is 2. The molecular weight excluding hydrogens is 334 g/mol. The number of carboxylic acid groups (broad SMARTS) is 1. The van der Waals surface area contributed by atoms with Gasteiger partial charge >= 0.3 is 5.97 Å². The Morgan fingerprint density at radius 2 is 2.00 bits per heavy atom. The van der Waals surface area contributed by atoms with Crippen molar-refractivity contribution < 1.29 is 14.7 Å². The molecule has 0 aliphatic carbocycles. The van der Waals surface area contributed by atoms with Gasteiger partial charge in [-0.25, -0.2) is 9.78 Å². The van der Waals surface area contributed by atoms with E-state index in [1.807, 2.05) is 0 Å². The van der Waals surface area contributed by atoms with Gasteiger partial charge in [0.2, 0.25) is 0 Å². The first kappa shape index (κ1) is 15.6. The van der Waals surface area contributed by atoms with Crippen LogP contribution in [0.2, 0.25) is 5.02 Å². The fraction of sp³-hybridized carbons (Fsp3) is 0. The lowest BCUT2D eigenvalue weighted by Gasteiger charge is -2.08. The highest BCUT2D eigenvalue weighted by atomic mass is 35.5. The second-order valence-electron chi connectivity index (χ2n) is 4.70. The van der Waals surface area contributed by atoms with Crippen LogP contribution in [-0.2, 0) is 0 Å². The molecule has 0 spiro atoms. The summed E-state index contributed by atoms with van der Waals surface area (Å²) in [5.74, 6) is -1.28. The number of benzene rings is 1. The topological polar surface area (TPSA) is 110 Å². The number of rotatable bonds is 4. The van der Waals surface area contributed by atoms with E-state index in [0.29, 0.717) is 5.82 Å². The number of imidazole rings is 1. The number of amides is 1. The van der Waals surface area contributed by atoms with E-state index in [0.717, 1.165) is 0 Å². The van der Waals surface area contributed by atoms with Crippen LogP contribution in [0.3, 0.4) is 0 Å². The number of aromatic nitrogens is 4. The number of carboxylic acids is 1. The van der Waals surface area contributed by atoms with Gasteiger partial charge in [-0.05, 0) is 30.3 Å². The Morgan fingerprint density at radius 1 is 1.17 bits per heavy atom. The molecule has 0 saturated carbocycles. The number of carbonyl (C=O) groups excluding carboxylic acids is 1. The molecule has 1 aromatic carbocycles. The van der Waals surface area contributed by atoms with Gasteiger partial charge in [-0.15, -0.1) is 10.2 Å². The van der Waals surface area contributed by atoms with E-state index in [2.05, 4.69) is 20.5 Å². The number of anilines is 1. The van der Waals surface area contributed by atoms with Crippen LogP contribution in [0.15, 0.2) is 49.1 Å². The summed E-state index contributed by atoms with van der Waals surface area (Å²) in [6, 6.07) is 7.24.